The number of hydrogen-bond donors (Lipinski definition) is 1. The van der Waals surface area contributed by atoms with Gasteiger partial charge in [0.2, 0.25) is 5.91 Å². The van der Waals surface area contributed by atoms with Gasteiger partial charge in [-0.3, -0.25) is 14.2 Å². The molecular formula is C26H25N3O3. The van der Waals surface area contributed by atoms with Crippen LogP contribution in [-0.4, -0.2) is 22.6 Å². The Hall–Kier alpha value is -3.93. The minimum absolute atomic E-state index is 0.0764. The summed E-state index contributed by atoms with van der Waals surface area (Å²) in [6.07, 6.45) is 0.930. The van der Waals surface area contributed by atoms with Gasteiger partial charge in [-0.05, 0) is 67.8 Å². The van der Waals surface area contributed by atoms with Crippen molar-refractivity contribution >= 4 is 22.5 Å². The van der Waals surface area contributed by atoms with Crippen LogP contribution in [0.15, 0.2) is 71.5 Å². The fourth-order valence-corrected chi connectivity index (χ4v) is 3.85. The molecule has 4 aromatic rings. The van der Waals surface area contributed by atoms with Crippen LogP contribution >= 0.6 is 0 Å². The molecule has 162 valence electrons. The van der Waals surface area contributed by atoms with E-state index in [9.17, 15) is 9.59 Å². The van der Waals surface area contributed by atoms with Gasteiger partial charge >= 0.3 is 0 Å². The van der Waals surface area contributed by atoms with Crippen LogP contribution in [0.4, 0.5) is 5.69 Å². The molecule has 32 heavy (non-hydrogen) atoms. The van der Waals surface area contributed by atoms with Crippen LogP contribution in [0.3, 0.4) is 0 Å². The molecule has 3 aromatic carbocycles. The van der Waals surface area contributed by atoms with Gasteiger partial charge in [-0.25, -0.2) is 4.98 Å². The first kappa shape index (κ1) is 21.3. The molecular weight excluding hydrogens is 402 g/mol. The second kappa shape index (κ2) is 9.06. The number of nitrogens with one attached hydrogen (secondary N) is 1. The minimum atomic E-state index is -0.110. The largest absolute Gasteiger partial charge is 0.496 e. The highest BCUT2D eigenvalue weighted by Crippen LogP contribution is 2.22. The lowest BCUT2D eigenvalue weighted by Crippen LogP contribution is -2.22. The number of methoxy groups -OCH3 is 1. The maximum absolute atomic E-state index is 13.0. The van der Waals surface area contributed by atoms with Crippen molar-refractivity contribution in [3.63, 3.8) is 0 Å². The molecule has 0 aliphatic rings. The van der Waals surface area contributed by atoms with E-state index in [0.29, 0.717) is 29.6 Å². The predicted molar refractivity (Wildman–Crippen MR) is 127 cm³/mol. The predicted octanol–water partition coefficient (Wildman–Crippen LogP) is 4.58. The van der Waals surface area contributed by atoms with Gasteiger partial charge in [0.1, 0.15) is 11.6 Å². The number of carbonyl (C=O) groups is 1. The lowest BCUT2D eigenvalue weighted by molar-refractivity contribution is -0.116. The minimum Gasteiger partial charge on any atom is -0.496 e. The average molecular weight is 428 g/mol. The normalized spacial score (nSPS) is 10.8. The topological polar surface area (TPSA) is 73.2 Å². The second-order valence-electron chi connectivity index (χ2n) is 7.68. The summed E-state index contributed by atoms with van der Waals surface area (Å²) in [4.78, 5) is 30.1. The summed E-state index contributed by atoms with van der Waals surface area (Å²) in [7, 11) is 1.63. The van der Waals surface area contributed by atoms with E-state index in [1.165, 1.54) is 0 Å². The van der Waals surface area contributed by atoms with Crippen LogP contribution in [0.5, 0.6) is 5.75 Å². The van der Waals surface area contributed by atoms with E-state index in [4.69, 9.17) is 4.74 Å². The summed E-state index contributed by atoms with van der Waals surface area (Å²) >= 11 is 0. The average Bonchev–Trinajstić information content (AvgIpc) is 2.79. The third kappa shape index (κ3) is 4.25. The first-order valence-electron chi connectivity index (χ1n) is 10.5. The van der Waals surface area contributed by atoms with Gasteiger partial charge in [0.05, 0.1) is 23.7 Å². The van der Waals surface area contributed by atoms with E-state index in [1.54, 1.807) is 17.7 Å². The highest BCUT2D eigenvalue weighted by molar-refractivity contribution is 5.91. The summed E-state index contributed by atoms with van der Waals surface area (Å²) in [5.74, 6) is 1.32. The molecule has 1 heterocycles. The molecule has 0 aliphatic carbocycles. The van der Waals surface area contributed by atoms with Crippen LogP contribution in [0.2, 0.25) is 0 Å². The van der Waals surface area contributed by atoms with Gasteiger partial charge in [-0.2, -0.15) is 0 Å². The van der Waals surface area contributed by atoms with Crippen molar-refractivity contribution in [2.45, 2.75) is 26.7 Å². The Morgan fingerprint density at radius 1 is 1.03 bits per heavy atom. The molecule has 0 saturated carbocycles. The van der Waals surface area contributed by atoms with Gasteiger partial charge in [-0.15, -0.1) is 0 Å². The maximum Gasteiger partial charge on any atom is 0.265 e. The smallest absolute Gasteiger partial charge is 0.265 e. The Kier molecular flexibility index (Phi) is 6.03. The number of carbonyl (C=O) groups excluding carboxylic acids is 1. The molecule has 6 nitrogen and oxygen atoms in total. The van der Waals surface area contributed by atoms with Crippen LogP contribution in [0.25, 0.3) is 16.6 Å². The Morgan fingerprint density at radius 3 is 2.56 bits per heavy atom. The number of ether oxygens (including phenoxy) is 1. The molecule has 0 aliphatic heterocycles. The lowest BCUT2D eigenvalue weighted by Gasteiger charge is -2.14. The third-order valence-electron chi connectivity index (χ3n) is 5.50. The first-order valence-corrected chi connectivity index (χ1v) is 10.5. The number of hydrogen-bond acceptors (Lipinski definition) is 4. The van der Waals surface area contributed by atoms with Gasteiger partial charge < -0.3 is 10.1 Å². The quantitative estimate of drug-likeness (QED) is 0.489. The number of nitrogens with zero attached hydrogens (tertiary/aromatic N) is 2. The van der Waals surface area contributed by atoms with Crippen molar-refractivity contribution in [2.75, 3.05) is 12.4 Å². The zero-order valence-electron chi connectivity index (χ0n) is 18.4. The number of fused-ring (bicyclic) bond motifs is 1. The summed E-state index contributed by atoms with van der Waals surface area (Å²) in [5.41, 5.74) is 3.87. The van der Waals surface area contributed by atoms with Crippen LogP contribution in [-0.2, 0) is 11.2 Å². The number of benzene rings is 3. The summed E-state index contributed by atoms with van der Waals surface area (Å²) in [5, 5.41) is 3.55. The van der Waals surface area contributed by atoms with E-state index in [2.05, 4.69) is 10.3 Å². The summed E-state index contributed by atoms with van der Waals surface area (Å²) < 4.78 is 6.95. The fraction of sp³-hybridized carbons (Fsp3) is 0.192. The first-order chi connectivity index (χ1) is 15.5. The van der Waals surface area contributed by atoms with E-state index >= 15 is 0 Å². The van der Waals surface area contributed by atoms with Crippen LogP contribution in [0, 0.1) is 13.8 Å². The number of amides is 1. The molecule has 0 unspecified atom stereocenters. The molecule has 0 spiro atoms. The van der Waals surface area contributed by atoms with Crippen molar-refractivity contribution in [1.29, 1.82) is 0 Å². The zero-order chi connectivity index (χ0) is 22.7. The molecule has 1 N–H and O–H groups in total. The van der Waals surface area contributed by atoms with Crippen LogP contribution in [0.1, 0.15) is 23.4 Å². The Morgan fingerprint density at radius 2 is 1.78 bits per heavy atom. The van der Waals surface area contributed by atoms with Gasteiger partial charge in [0, 0.05) is 12.1 Å². The Labute approximate surface area is 186 Å². The van der Waals surface area contributed by atoms with Crippen molar-refractivity contribution in [3.05, 3.63) is 94.0 Å². The molecule has 0 atom stereocenters. The van der Waals surface area contributed by atoms with E-state index in [-0.39, 0.29) is 11.5 Å². The molecule has 0 saturated heterocycles. The van der Waals surface area contributed by atoms with Gasteiger partial charge in [-0.1, -0.05) is 30.3 Å². The number of aryl methyl sites for hydroxylation is 3. The van der Waals surface area contributed by atoms with Crippen molar-refractivity contribution in [3.8, 4) is 11.4 Å². The van der Waals surface area contributed by atoms with Crippen molar-refractivity contribution in [1.82, 2.24) is 9.55 Å². The molecule has 1 aromatic heterocycles. The Bertz CT molecular complexity index is 1360. The standard InChI is InChI=1S/C26H25N3O3/c1-17-16-20(29-18(2)27-23-10-6-5-9-21(23)26(29)31)13-14-22(17)28-25(30)15-12-19-8-4-7-11-24(19)32-3/h4-11,13-14,16H,12,15H2,1-3H3,(H,28,30). The van der Waals surface area contributed by atoms with Gasteiger partial charge in [0.15, 0.2) is 0 Å². The lowest BCUT2D eigenvalue weighted by atomic mass is 10.1. The number of anilines is 1. The maximum atomic E-state index is 13.0. The number of aromatic nitrogens is 2. The SMILES string of the molecule is COc1ccccc1CCC(=O)Nc1ccc(-n2c(C)nc3ccccc3c2=O)cc1C. The second-order valence-corrected chi connectivity index (χ2v) is 7.68. The van der Waals surface area contributed by atoms with E-state index in [1.807, 2.05) is 74.5 Å². The number of para-hydroxylation sites is 2. The third-order valence-corrected chi connectivity index (χ3v) is 5.50. The molecule has 0 radical (unpaired) electrons. The molecule has 0 fully saturated rings. The van der Waals surface area contributed by atoms with Gasteiger partial charge in [0.25, 0.3) is 5.56 Å². The van der Waals surface area contributed by atoms with Crippen LogP contribution < -0.4 is 15.6 Å². The zero-order valence-corrected chi connectivity index (χ0v) is 18.4. The monoisotopic (exact) mass is 427 g/mol. The summed E-state index contributed by atoms with van der Waals surface area (Å²) in [6, 6.07) is 20.6. The fourth-order valence-electron chi connectivity index (χ4n) is 3.85. The summed E-state index contributed by atoms with van der Waals surface area (Å²) in [6.45, 7) is 3.73. The van der Waals surface area contributed by atoms with Crippen molar-refractivity contribution < 1.29 is 9.53 Å². The Balaban J connectivity index is 1.53. The molecule has 4 rings (SSSR count). The molecule has 1 amide bonds. The highest BCUT2D eigenvalue weighted by atomic mass is 16.5. The van der Waals surface area contributed by atoms with E-state index < -0.39 is 0 Å². The van der Waals surface area contributed by atoms with Crippen molar-refractivity contribution in [2.24, 2.45) is 0 Å². The highest BCUT2D eigenvalue weighted by Gasteiger charge is 2.12. The van der Waals surface area contributed by atoms with E-state index in [0.717, 1.165) is 28.3 Å². The molecule has 0 bridgehead atoms. The molecule has 6 heteroatoms. The number of rotatable bonds is 6.